The summed E-state index contributed by atoms with van der Waals surface area (Å²) in [5.41, 5.74) is 2.80. The van der Waals surface area contributed by atoms with Gasteiger partial charge in [0.1, 0.15) is 0 Å². The molecule has 2 aromatic heterocycles. The minimum Gasteiger partial charge on any atom is -0.465 e. The van der Waals surface area contributed by atoms with E-state index in [0.29, 0.717) is 40.3 Å². The maximum absolute atomic E-state index is 13.2. The van der Waals surface area contributed by atoms with Gasteiger partial charge in [-0.3, -0.25) is 9.36 Å². The van der Waals surface area contributed by atoms with Gasteiger partial charge in [0.2, 0.25) is 0 Å². The summed E-state index contributed by atoms with van der Waals surface area (Å²) in [7, 11) is 1.33. The second kappa shape index (κ2) is 10.3. The van der Waals surface area contributed by atoms with Crippen LogP contribution < -0.4 is 5.56 Å². The monoisotopic (exact) mass is 456 g/mol. The SMILES string of the molecule is COC(=O)c1ccc2c(=O)n(CCc3cnc[nH]3)c(SCc3ccccc3)nc2c1.Cl. The van der Waals surface area contributed by atoms with Crippen molar-refractivity contribution in [1.29, 1.82) is 0 Å². The maximum Gasteiger partial charge on any atom is 0.337 e. The van der Waals surface area contributed by atoms with Gasteiger partial charge in [0, 0.05) is 30.6 Å². The Morgan fingerprint density at radius 1 is 1.19 bits per heavy atom. The van der Waals surface area contributed by atoms with E-state index in [-0.39, 0.29) is 18.0 Å². The quantitative estimate of drug-likeness (QED) is 0.258. The van der Waals surface area contributed by atoms with Gasteiger partial charge in [-0.1, -0.05) is 42.1 Å². The van der Waals surface area contributed by atoms with Crippen LogP contribution in [0.25, 0.3) is 10.9 Å². The largest absolute Gasteiger partial charge is 0.465 e. The van der Waals surface area contributed by atoms with Gasteiger partial charge in [0.25, 0.3) is 5.56 Å². The number of carbonyl (C=O) groups is 1. The molecule has 160 valence electrons. The van der Waals surface area contributed by atoms with E-state index in [1.807, 2.05) is 30.3 Å². The average Bonchev–Trinajstić information content (AvgIpc) is 3.30. The number of H-pyrrole nitrogens is 1. The number of aromatic amines is 1. The molecule has 2 heterocycles. The Balaban J connectivity index is 0.00000272. The van der Waals surface area contributed by atoms with Crippen LogP contribution in [0.5, 0.6) is 0 Å². The highest BCUT2D eigenvalue weighted by molar-refractivity contribution is 7.98. The van der Waals surface area contributed by atoms with E-state index < -0.39 is 5.97 Å². The van der Waals surface area contributed by atoms with E-state index in [4.69, 9.17) is 9.72 Å². The van der Waals surface area contributed by atoms with Gasteiger partial charge in [-0.15, -0.1) is 12.4 Å². The molecule has 0 atom stereocenters. The van der Waals surface area contributed by atoms with Crippen molar-refractivity contribution in [2.45, 2.75) is 23.9 Å². The van der Waals surface area contributed by atoms with Gasteiger partial charge in [-0.25, -0.2) is 14.8 Å². The molecule has 0 bridgehead atoms. The van der Waals surface area contributed by atoms with Crippen molar-refractivity contribution in [3.8, 4) is 0 Å². The highest BCUT2D eigenvalue weighted by Crippen LogP contribution is 2.23. The summed E-state index contributed by atoms with van der Waals surface area (Å²) in [6.07, 6.45) is 4.00. The smallest absolute Gasteiger partial charge is 0.337 e. The first-order valence-corrected chi connectivity index (χ1v) is 10.4. The number of esters is 1. The number of methoxy groups -OCH3 is 1. The van der Waals surface area contributed by atoms with E-state index in [9.17, 15) is 9.59 Å². The van der Waals surface area contributed by atoms with Gasteiger partial charge in [0.15, 0.2) is 5.16 Å². The van der Waals surface area contributed by atoms with Gasteiger partial charge in [-0.05, 0) is 23.8 Å². The molecular weight excluding hydrogens is 436 g/mol. The van der Waals surface area contributed by atoms with Crippen molar-refractivity contribution in [2.24, 2.45) is 0 Å². The summed E-state index contributed by atoms with van der Waals surface area (Å²) >= 11 is 1.50. The first-order chi connectivity index (χ1) is 14.7. The third-order valence-corrected chi connectivity index (χ3v) is 5.76. The number of nitrogens with zero attached hydrogens (tertiary/aromatic N) is 3. The van der Waals surface area contributed by atoms with Crippen LogP contribution in [0.3, 0.4) is 0 Å². The Morgan fingerprint density at radius 3 is 2.71 bits per heavy atom. The normalized spacial score (nSPS) is 10.6. The van der Waals surface area contributed by atoms with E-state index in [0.717, 1.165) is 11.3 Å². The zero-order valence-corrected chi connectivity index (χ0v) is 18.4. The minimum atomic E-state index is -0.458. The Hall–Kier alpha value is -3.10. The lowest BCUT2D eigenvalue weighted by atomic mass is 10.1. The van der Waals surface area contributed by atoms with Crippen LogP contribution in [0.15, 0.2) is 71.0 Å². The standard InChI is InChI=1S/C22H20N4O3S.ClH/c1-29-21(28)16-7-8-18-19(11-16)25-22(30-13-15-5-3-2-4-6-15)26(20(18)27)10-9-17-12-23-14-24-17;/h2-8,11-12,14H,9-10,13H2,1H3,(H,23,24);1H. The summed E-state index contributed by atoms with van der Waals surface area (Å²) in [6, 6.07) is 14.8. The van der Waals surface area contributed by atoms with Gasteiger partial charge < -0.3 is 9.72 Å². The number of nitrogens with one attached hydrogen (secondary N) is 1. The lowest BCUT2D eigenvalue weighted by Crippen LogP contribution is -2.24. The fourth-order valence-corrected chi connectivity index (χ4v) is 4.11. The fraction of sp³-hybridized carbons (Fsp3) is 0.182. The van der Waals surface area contributed by atoms with Crippen LogP contribution in [-0.2, 0) is 23.5 Å². The number of imidazole rings is 1. The lowest BCUT2D eigenvalue weighted by Gasteiger charge is -2.13. The Morgan fingerprint density at radius 2 is 2.00 bits per heavy atom. The molecule has 2 aromatic carbocycles. The van der Waals surface area contributed by atoms with Crippen LogP contribution >= 0.6 is 24.2 Å². The second-order valence-electron chi connectivity index (χ2n) is 6.68. The van der Waals surface area contributed by atoms with Crippen LogP contribution in [0, 0.1) is 0 Å². The summed E-state index contributed by atoms with van der Waals surface area (Å²) < 4.78 is 6.48. The topological polar surface area (TPSA) is 89.9 Å². The van der Waals surface area contributed by atoms with Gasteiger partial charge in [0.05, 0.1) is 29.9 Å². The maximum atomic E-state index is 13.2. The van der Waals surface area contributed by atoms with E-state index in [1.165, 1.54) is 18.9 Å². The Labute approximate surface area is 189 Å². The number of fused-ring (bicyclic) bond motifs is 1. The summed E-state index contributed by atoms with van der Waals surface area (Å²) in [4.78, 5) is 36.9. The number of aryl methyl sites for hydroxylation is 1. The van der Waals surface area contributed by atoms with Crippen LogP contribution in [0.1, 0.15) is 21.6 Å². The predicted molar refractivity (Wildman–Crippen MR) is 123 cm³/mol. The summed E-state index contributed by atoms with van der Waals surface area (Å²) in [5.74, 6) is 0.222. The zero-order chi connectivity index (χ0) is 20.9. The van der Waals surface area contributed by atoms with Crippen molar-refractivity contribution < 1.29 is 9.53 Å². The second-order valence-corrected chi connectivity index (χ2v) is 7.62. The number of ether oxygens (including phenoxy) is 1. The first-order valence-electron chi connectivity index (χ1n) is 9.42. The van der Waals surface area contributed by atoms with E-state index >= 15 is 0 Å². The molecule has 0 radical (unpaired) electrons. The van der Waals surface area contributed by atoms with E-state index in [2.05, 4.69) is 9.97 Å². The summed E-state index contributed by atoms with van der Waals surface area (Å²) in [5, 5.41) is 1.08. The molecule has 4 aromatic rings. The Bertz CT molecular complexity index is 1230. The van der Waals surface area contributed by atoms with Gasteiger partial charge >= 0.3 is 5.97 Å². The van der Waals surface area contributed by atoms with Crippen molar-refractivity contribution in [2.75, 3.05) is 7.11 Å². The summed E-state index contributed by atoms with van der Waals surface area (Å²) in [6.45, 7) is 0.472. The molecule has 7 nitrogen and oxygen atoms in total. The molecule has 4 rings (SSSR count). The molecule has 9 heteroatoms. The van der Waals surface area contributed by atoms with Crippen LogP contribution in [-0.4, -0.2) is 32.6 Å². The molecular formula is C22H21ClN4O3S. The number of benzene rings is 2. The molecule has 0 fully saturated rings. The molecule has 0 spiro atoms. The molecule has 0 aliphatic rings. The molecule has 0 amide bonds. The fourth-order valence-electron chi connectivity index (χ4n) is 3.13. The van der Waals surface area contributed by atoms with Crippen molar-refractivity contribution in [3.05, 3.63) is 88.2 Å². The number of hydrogen-bond acceptors (Lipinski definition) is 6. The van der Waals surface area contributed by atoms with Crippen molar-refractivity contribution in [3.63, 3.8) is 0 Å². The lowest BCUT2D eigenvalue weighted by molar-refractivity contribution is 0.0601. The molecule has 0 unspecified atom stereocenters. The third-order valence-electron chi connectivity index (χ3n) is 4.71. The first kappa shape index (κ1) is 22.6. The number of rotatable bonds is 7. The number of aromatic nitrogens is 4. The van der Waals surface area contributed by atoms with Crippen molar-refractivity contribution in [1.82, 2.24) is 19.5 Å². The molecule has 31 heavy (non-hydrogen) atoms. The molecule has 1 N–H and O–H groups in total. The average molecular weight is 457 g/mol. The zero-order valence-electron chi connectivity index (χ0n) is 16.8. The third kappa shape index (κ3) is 5.15. The number of thioether (sulfide) groups is 1. The predicted octanol–water partition coefficient (Wildman–Crippen LogP) is 3.86. The highest BCUT2D eigenvalue weighted by atomic mass is 35.5. The highest BCUT2D eigenvalue weighted by Gasteiger charge is 2.15. The number of hydrogen-bond donors (Lipinski definition) is 1. The Kier molecular flexibility index (Phi) is 7.49. The van der Waals surface area contributed by atoms with Crippen molar-refractivity contribution >= 4 is 41.0 Å². The number of carbonyl (C=O) groups excluding carboxylic acids is 1. The molecule has 0 aliphatic carbocycles. The molecule has 0 saturated heterocycles. The minimum absolute atomic E-state index is 0. The molecule has 0 aliphatic heterocycles. The van der Waals surface area contributed by atoms with Crippen LogP contribution in [0.4, 0.5) is 0 Å². The number of halogens is 1. The van der Waals surface area contributed by atoms with Gasteiger partial charge in [-0.2, -0.15) is 0 Å². The molecule has 0 saturated carbocycles. The van der Waals surface area contributed by atoms with E-state index in [1.54, 1.807) is 35.3 Å². The van der Waals surface area contributed by atoms with Crippen LogP contribution in [0.2, 0.25) is 0 Å².